The number of rotatable bonds is 6. The number of carbonyl (C=O) groups is 3. The van der Waals surface area contributed by atoms with E-state index in [1.807, 2.05) is 6.92 Å². The lowest BCUT2D eigenvalue weighted by Gasteiger charge is -2.09. The van der Waals surface area contributed by atoms with Gasteiger partial charge in [-0.3, -0.25) is 14.9 Å². The summed E-state index contributed by atoms with van der Waals surface area (Å²) in [5.74, 6) is -2.29. The first kappa shape index (κ1) is 22.6. The average Bonchev–Trinajstić information content (AvgIpc) is 2.88. The first-order valence-electron chi connectivity index (χ1n) is 8.72. The Kier molecular flexibility index (Phi) is 7.15. The summed E-state index contributed by atoms with van der Waals surface area (Å²) in [5, 5.41) is 4.74. The average molecular weight is 439 g/mol. The molecule has 0 atom stereocenters. The molecule has 2 rings (SSSR count). The third kappa shape index (κ3) is 5.64. The lowest BCUT2D eigenvalue weighted by molar-refractivity contribution is -0.113. The Bertz CT molecular complexity index is 1040. The Balaban J connectivity index is 2.20. The van der Waals surface area contributed by atoms with Crippen molar-refractivity contribution in [2.75, 3.05) is 17.7 Å². The van der Waals surface area contributed by atoms with Crippen LogP contribution in [0.1, 0.15) is 33.3 Å². The maximum Gasteiger partial charge on any atom is 0.414 e. The second-order valence-electron chi connectivity index (χ2n) is 6.28. The summed E-state index contributed by atoms with van der Waals surface area (Å²) in [4.78, 5) is 37.1. The second-order valence-corrected chi connectivity index (χ2v) is 9.50. The lowest BCUT2D eigenvalue weighted by Crippen LogP contribution is -2.32. The topological polar surface area (TPSA) is 119 Å². The van der Waals surface area contributed by atoms with Gasteiger partial charge < -0.3 is 10.1 Å². The molecule has 8 nitrogen and oxygen atoms in total. The first-order valence-corrected chi connectivity index (χ1v) is 11.2. The van der Waals surface area contributed by atoms with Crippen LogP contribution in [0.4, 0.5) is 9.80 Å². The highest BCUT2D eigenvalue weighted by Gasteiger charge is 2.25. The van der Waals surface area contributed by atoms with E-state index in [9.17, 15) is 22.8 Å². The molecule has 0 aliphatic heterocycles. The number of imide groups is 1. The monoisotopic (exact) mass is 438 g/mol. The number of anilines is 1. The number of aryl methyl sites for hydroxylation is 2. The van der Waals surface area contributed by atoms with E-state index < -0.39 is 33.5 Å². The number of sulfone groups is 1. The minimum atomic E-state index is -3.84. The number of carbonyl (C=O) groups excluding carboxylic acids is 3. The van der Waals surface area contributed by atoms with E-state index in [1.165, 1.54) is 12.1 Å². The van der Waals surface area contributed by atoms with Crippen molar-refractivity contribution in [3.8, 4) is 0 Å². The van der Waals surface area contributed by atoms with Crippen molar-refractivity contribution in [2.24, 2.45) is 0 Å². The van der Waals surface area contributed by atoms with Crippen molar-refractivity contribution >= 4 is 44.1 Å². The second kappa shape index (κ2) is 9.19. The van der Waals surface area contributed by atoms with Crippen molar-refractivity contribution < 1.29 is 27.5 Å². The minimum Gasteiger partial charge on any atom is -0.450 e. The van der Waals surface area contributed by atoms with Crippen molar-refractivity contribution in [1.29, 1.82) is 0 Å². The van der Waals surface area contributed by atoms with Crippen LogP contribution in [0.2, 0.25) is 0 Å². The zero-order valence-corrected chi connectivity index (χ0v) is 18.1. The van der Waals surface area contributed by atoms with Crippen molar-refractivity contribution in [3.63, 3.8) is 0 Å². The molecule has 0 saturated carbocycles. The molecule has 10 heteroatoms. The molecule has 1 aromatic heterocycles. The molecule has 0 unspecified atom stereocenters. The van der Waals surface area contributed by atoms with Gasteiger partial charge in [0.25, 0.3) is 5.91 Å². The van der Waals surface area contributed by atoms with E-state index in [4.69, 9.17) is 4.74 Å². The summed E-state index contributed by atoms with van der Waals surface area (Å²) in [6.45, 7) is 6.95. The van der Waals surface area contributed by atoms with Crippen LogP contribution in [0.3, 0.4) is 0 Å². The number of thiophene rings is 1. The van der Waals surface area contributed by atoms with Crippen LogP contribution in [0.25, 0.3) is 0 Å². The Morgan fingerprint density at radius 3 is 2.28 bits per heavy atom. The summed E-state index contributed by atoms with van der Waals surface area (Å²) in [5.41, 5.74) is 1.57. The van der Waals surface area contributed by atoms with Gasteiger partial charge in [-0.25, -0.2) is 13.2 Å². The van der Waals surface area contributed by atoms with E-state index in [0.717, 1.165) is 21.8 Å². The number of alkyl carbamates (subject to hydrolysis) is 1. The van der Waals surface area contributed by atoms with Crippen LogP contribution in [-0.2, 0) is 19.4 Å². The molecule has 0 spiro atoms. The van der Waals surface area contributed by atoms with Gasteiger partial charge in [0, 0.05) is 4.88 Å². The molecule has 2 N–H and O–H groups in total. The third-order valence-electron chi connectivity index (χ3n) is 4.06. The van der Waals surface area contributed by atoms with E-state index in [1.54, 1.807) is 32.9 Å². The Morgan fingerprint density at radius 1 is 1.07 bits per heavy atom. The molecular formula is C19H22N2O6S2. The summed E-state index contributed by atoms with van der Waals surface area (Å²) in [7, 11) is -3.84. The summed E-state index contributed by atoms with van der Waals surface area (Å²) < 4.78 is 29.6. The fraction of sp³-hybridized carbons (Fsp3) is 0.316. The van der Waals surface area contributed by atoms with Crippen LogP contribution in [0.5, 0.6) is 0 Å². The maximum atomic E-state index is 12.5. The number of nitrogens with one attached hydrogen (secondary N) is 2. The van der Waals surface area contributed by atoms with Gasteiger partial charge in [-0.05, 0) is 45.4 Å². The van der Waals surface area contributed by atoms with Crippen LogP contribution in [0.15, 0.2) is 29.2 Å². The highest BCUT2D eigenvalue weighted by atomic mass is 32.2. The number of amides is 3. The van der Waals surface area contributed by atoms with Crippen LogP contribution in [0, 0.1) is 20.8 Å². The van der Waals surface area contributed by atoms with E-state index in [-0.39, 0.29) is 22.1 Å². The first-order chi connectivity index (χ1) is 13.5. The zero-order chi connectivity index (χ0) is 21.8. The Morgan fingerprint density at radius 2 is 1.69 bits per heavy atom. The van der Waals surface area contributed by atoms with Gasteiger partial charge >= 0.3 is 6.09 Å². The molecule has 1 heterocycles. The fourth-order valence-corrected chi connectivity index (χ4v) is 4.68. The highest BCUT2D eigenvalue weighted by molar-refractivity contribution is 7.92. The third-order valence-corrected chi connectivity index (χ3v) is 6.81. The minimum absolute atomic E-state index is 0.0390. The fourth-order valence-electron chi connectivity index (χ4n) is 2.48. The molecule has 2 aromatic rings. The molecule has 0 saturated heterocycles. The molecule has 0 aliphatic rings. The molecule has 0 fully saturated rings. The van der Waals surface area contributed by atoms with E-state index in [2.05, 4.69) is 10.6 Å². The van der Waals surface area contributed by atoms with Gasteiger partial charge in [0.1, 0.15) is 10.8 Å². The number of ether oxygens (including phenoxy) is 1. The molecule has 1 aromatic carbocycles. The zero-order valence-electron chi connectivity index (χ0n) is 16.5. The van der Waals surface area contributed by atoms with E-state index in [0.29, 0.717) is 5.56 Å². The Labute approximate surface area is 173 Å². The van der Waals surface area contributed by atoms with Gasteiger partial charge in [-0.15, -0.1) is 11.3 Å². The normalized spacial score (nSPS) is 11.0. The smallest absolute Gasteiger partial charge is 0.414 e. The van der Waals surface area contributed by atoms with Crippen molar-refractivity contribution in [3.05, 3.63) is 45.8 Å². The number of hydrogen-bond donors (Lipinski definition) is 2. The highest BCUT2D eigenvalue weighted by Crippen LogP contribution is 2.32. The van der Waals surface area contributed by atoms with Gasteiger partial charge in [-0.2, -0.15) is 0 Å². The lowest BCUT2D eigenvalue weighted by atomic mass is 10.1. The SMILES string of the molecule is CCOC(=O)NC(=O)c1c(NC(=O)CS(=O)(=O)c2ccc(C)cc2)sc(C)c1C. The quantitative estimate of drug-likeness (QED) is 0.716. The molecular weight excluding hydrogens is 416 g/mol. The molecule has 0 aliphatic carbocycles. The molecule has 3 amide bonds. The van der Waals surface area contributed by atoms with Gasteiger partial charge in [0.15, 0.2) is 9.84 Å². The maximum absolute atomic E-state index is 12.5. The Hall–Kier alpha value is -2.72. The standard InChI is InChI=1S/C19H22N2O6S2/c1-5-27-19(24)21-17(23)16-12(3)13(4)28-18(16)20-15(22)10-29(25,26)14-8-6-11(2)7-9-14/h6-9H,5,10H2,1-4H3,(H,20,22)(H,21,23,24). The van der Waals surface area contributed by atoms with Crippen molar-refractivity contribution in [1.82, 2.24) is 5.32 Å². The molecule has 0 bridgehead atoms. The van der Waals surface area contributed by atoms with Crippen LogP contribution >= 0.6 is 11.3 Å². The summed E-state index contributed by atoms with van der Waals surface area (Å²) in [6.07, 6.45) is -0.903. The van der Waals surface area contributed by atoms with E-state index >= 15 is 0 Å². The number of hydrogen-bond acceptors (Lipinski definition) is 7. The predicted molar refractivity (Wildman–Crippen MR) is 110 cm³/mol. The van der Waals surface area contributed by atoms with Crippen LogP contribution < -0.4 is 10.6 Å². The molecule has 29 heavy (non-hydrogen) atoms. The van der Waals surface area contributed by atoms with Crippen LogP contribution in [-0.4, -0.2) is 38.7 Å². The van der Waals surface area contributed by atoms with Gasteiger partial charge in [0.05, 0.1) is 17.1 Å². The predicted octanol–water partition coefficient (Wildman–Crippen LogP) is 2.97. The molecule has 0 radical (unpaired) electrons. The van der Waals surface area contributed by atoms with Crippen molar-refractivity contribution in [2.45, 2.75) is 32.6 Å². The molecule has 156 valence electrons. The summed E-state index contributed by atoms with van der Waals surface area (Å²) >= 11 is 1.12. The van der Waals surface area contributed by atoms with Gasteiger partial charge in [0.2, 0.25) is 5.91 Å². The largest absolute Gasteiger partial charge is 0.450 e. The van der Waals surface area contributed by atoms with Gasteiger partial charge in [-0.1, -0.05) is 17.7 Å². The number of benzene rings is 1. The summed E-state index contributed by atoms with van der Waals surface area (Å²) in [6, 6.07) is 6.18.